The van der Waals surface area contributed by atoms with Crippen LogP contribution in [0.2, 0.25) is 0 Å². The number of nitrogens with zero attached hydrogens (tertiary/aromatic N) is 1. The van der Waals surface area contributed by atoms with Gasteiger partial charge in [-0.2, -0.15) is 0 Å². The second kappa shape index (κ2) is 26.5. The number of hydrogen-bond donors (Lipinski definition) is 0. The normalized spacial score (nSPS) is 11.2. The highest BCUT2D eigenvalue weighted by atomic mass is 16.5. The van der Waals surface area contributed by atoms with Gasteiger partial charge in [0.2, 0.25) is 0 Å². The second-order valence-corrected chi connectivity index (χ2v) is 9.90. The monoisotopic (exact) mass is 483 g/mol. The Morgan fingerprint density at radius 2 is 0.794 bits per heavy atom. The van der Waals surface area contributed by atoms with Crippen LogP contribution in [0.25, 0.3) is 0 Å². The summed E-state index contributed by atoms with van der Waals surface area (Å²) in [6.07, 6.45) is 23.5. The molecule has 0 aromatic carbocycles. The van der Waals surface area contributed by atoms with Gasteiger partial charge in [0.25, 0.3) is 0 Å². The standard InChI is InChI=1S/C29H57NO4/c1-4-6-8-10-12-14-16-18-20-22-28(31)33-26-24-30(3)25-27-34-29(32)23-21-19-17-15-13-11-9-7-5-2/h4-27H2,1-3H3. The van der Waals surface area contributed by atoms with E-state index in [9.17, 15) is 9.59 Å². The van der Waals surface area contributed by atoms with E-state index in [0.717, 1.165) is 25.7 Å². The summed E-state index contributed by atoms with van der Waals surface area (Å²) in [6, 6.07) is 0. The molecule has 0 atom stereocenters. The van der Waals surface area contributed by atoms with E-state index >= 15 is 0 Å². The van der Waals surface area contributed by atoms with Crippen LogP contribution < -0.4 is 0 Å². The first-order valence-corrected chi connectivity index (χ1v) is 14.6. The SMILES string of the molecule is CCCCCCCCCCCC(=O)OCCN(C)CCOC(=O)CCCCCCCCCCC. The number of likely N-dealkylation sites (N-methyl/N-ethyl adjacent to an activating group) is 1. The Bertz CT molecular complexity index is 415. The van der Waals surface area contributed by atoms with Gasteiger partial charge < -0.3 is 9.47 Å². The minimum absolute atomic E-state index is 0.0938. The lowest BCUT2D eigenvalue weighted by molar-refractivity contribution is -0.144. The summed E-state index contributed by atoms with van der Waals surface area (Å²) in [5.74, 6) is -0.188. The maximum Gasteiger partial charge on any atom is 0.305 e. The summed E-state index contributed by atoms with van der Waals surface area (Å²) in [5.41, 5.74) is 0. The van der Waals surface area contributed by atoms with Crippen molar-refractivity contribution in [1.29, 1.82) is 0 Å². The highest BCUT2D eigenvalue weighted by Crippen LogP contribution is 2.12. The summed E-state index contributed by atoms with van der Waals surface area (Å²) in [5, 5.41) is 0. The molecular weight excluding hydrogens is 426 g/mol. The molecule has 0 aromatic heterocycles. The summed E-state index contributed by atoms with van der Waals surface area (Å²) in [4.78, 5) is 25.7. The number of ether oxygens (including phenoxy) is 2. The van der Waals surface area contributed by atoms with Gasteiger partial charge in [-0.25, -0.2) is 0 Å². The molecule has 0 radical (unpaired) electrons. The van der Waals surface area contributed by atoms with Gasteiger partial charge in [-0.3, -0.25) is 14.5 Å². The Hall–Kier alpha value is -1.10. The third-order valence-corrected chi connectivity index (χ3v) is 6.44. The molecule has 0 aliphatic carbocycles. The quantitative estimate of drug-likeness (QED) is 0.0926. The Labute approximate surface area is 211 Å². The highest BCUT2D eigenvalue weighted by molar-refractivity contribution is 5.69. The van der Waals surface area contributed by atoms with Gasteiger partial charge in [0.05, 0.1) is 0 Å². The van der Waals surface area contributed by atoms with Gasteiger partial charge in [0, 0.05) is 25.9 Å². The molecule has 0 heterocycles. The van der Waals surface area contributed by atoms with Crippen LogP contribution in [0.3, 0.4) is 0 Å². The van der Waals surface area contributed by atoms with E-state index in [1.807, 2.05) is 11.9 Å². The van der Waals surface area contributed by atoms with Crippen molar-refractivity contribution in [3.63, 3.8) is 0 Å². The molecule has 0 spiro atoms. The lowest BCUT2D eigenvalue weighted by atomic mass is 10.1. The molecule has 0 aliphatic heterocycles. The fraction of sp³-hybridized carbons (Fsp3) is 0.931. The fourth-order valence-electron chi connectivity index (χ4n) is 4.05. The molecule has 0 bridgehead atoms. The van der Waals surface area contributed by atoms with Crippen molar-refractivity contribution < 1.29 is 19.1 Å². The van der Waals surface area contributed by atoms with E-state index < -0.39 is 0 Å². The zero-order valence-corrected chi connectivity index (χ0v) is 23.1. The minimum Gasteiger partial charge on any atom is -0.464 e. The van der Waals surface area contributed by atoms with Crippen LogP contribution in [0.15, 0.2) is 0 Å². The smallest absolute Gasteiger partial charge is 0.305 e. The predicted octanol–water partition coefficient (Wildman–Crippen LogP) is 7.85. The number of esters is 2. The van der Waals surface area contributed by atoms with Crippen molar-refractivity contribution in [2.24, 2.45) is 0 Å². The molecule has 0 aromatic rings. The van der Waals surface area contributed by atoms with E-state index in [2.05, 4.69) is 13.8 Å². The maximum absolute atomic E-state index is 11.9. The topological polar surface area (TPSA) is 55.8 Å². The summed E-state index contributed by atoms with van der Waals surface area (Å²) >= 11 is 0. The first kappa shape index (κ1) is 32.9. The van der Waals surface area contributed by atoms with Crippen molar-refractivity contribution >= 4 is 11.9 Å². The van der Waals surface area contributed by atoms with Crippen LogP contribution in [-0.4, -0.2) is 50.2 Å². The zero-order valence-electron chi connectivity index (χ0n) is 23.1. The van der Waals surface area contributed by atoms with Gasteiger partial charge in [-0.05, 0) is 19.9 Å². The van der Waals surface area contributed by atoms with E-state index in [1.54, 1.807) is 0 Å². The Balaban J connectivity index is 3.42. The Morgan fingerprint density at radius 1 is 0.500 bits per heavy atom. The number of rotatable bonds is 26. The molecule has 0 amide bonds. The van der Waals surface area contributed by atoms with Crippen LogP contribution >= 0.6 is 0 Å². The van der Waals surface area contributed by atoms with Crippen LogP contribution in [-0.2, 0) is 19.1 Å². The second-order valence-electron chi connectivity index (χ2n) is 9.90. The van der Waals surface area contributed by atoms with E-state index in [1.165, 1.54) is 89.9 Å². The molecule has 202 valence electrons. The predicted molar refractivity (Wildman–Crippen MR) is 143 cm³/mol. The fourth-order valence-corrected chi connectivity index (χ4v) is 4.05. The molecule has 0 N–H and O–H groups in total. The molecule has 0 saturated heterocycles. The molecule has 0 saturated carbocycles. The minimum atomic E-state index is -0.0938. The van der Waals surface area contributed by atoms with Gasteiger partial charge in [-0.1, -0.05) is 117 Å². The molecule has 0 rings (SSSR count). The lowest BCUT2D eigenvalue weighted by Gasteiger charge is -2.16. The van der Waals surface area contributed by atoms with Gasteiger partial charge in [-0.15, -0.1) is 0 Å². The van der Waals surface area contributed by atoms with Gasteiger partial charge >= 0.3 is 11.9 Å². The summed E-state index contributed by atoms with van der Waals surface area (Å²) < 4.78 is 10.7. The average molecular weight is 484 g/mol. The Morgan fingerprint density at radius 3 is 1.12 bits per heavy atom. The summed E-state index contributed by atoms with van der Waals surface area (Å²) in [6.45, 7) is 6.62. The van der Waals surface area contributed by atoms with Crippen LogP contribution in [0.5, 0.6) is 0 Å². The highest BCUT2D eigenvalue weighted by Gasteiger charge is 2.06. The molecule has 0 unspecified atom stereocenters. The molecule has 5 nitrogen and oxygen atoms in total. The first-order valence-electron chi connectivity index (χ1n) is 14.6. The zero-order chi connectivity index (χ0) is 25.1. The Kier molecular flexibility index (Phi) is 25.6. The number of carbonyl (C=O) groups is 2. The number of carbonyl (C=O) groups excluding carboxylic acids is 2. The third kappa shape index (κ3) is 25.5. The van der Waals surface area contributed by atoms with E-state index in [4.69, 9.17) is 9.47 Å². The van der Waals surface area contributed by atoms with E-state index in [0.29, 0.717) is 39.1 Å². The van der Waals surface area contributed by atoms with Crippen LogP contribution in [0.1, 0.15) is 142 Å². The van der Waals surface area contributed by atoms with Crippen molar-refractivity contribution in [2.75, 3.05) is 33.4 Å². The average Bonchev–Trinajstić information content (AvgIpc) is 2.82. The largest absolute Gasteiger partial charge is 0.464 e. The van der Waals surface area contributed by atoms with Gasteiger partial charge in [0.15, 0.2) is 0 Å². The molecule has 34 heavy (non-hydrogen) atoms. The van der Waals surface area contributed by atoms with Crippen LogP contribution in [0.4, 0.5) is 0 Å². The molecule has 0 fully saturated rings. The lowest BCUT2D eigenvalue weighted by Crippen LogP contribution is -2.28. The first-order chi connectivity index (χ1) is 16.6. The summed E-state index contributed by atoms with van der Waals surface area (Å²) in [7, 11) is 1.96. The third-order valence-electron chi connectivity index (χ3n) is 6.44. The van der Waals surface area contributed by atoms with Crippen LogP contribution in [0, 0.1) is 0 Å². The van der Waals surface area contributed by atoms with Crippen molar-refractivity contribution in [3.05, 3.63) is 0 Å². The maximum atomic E-state index is 11.9. The molecular formula is C29H57NO4. The number of hydrogen-bond acceptors (Lipinski definition) is 5. The molecule has 5 heteroatoms. The molecule has 0 aliphatic rings. The van der Waals surface area contributed by atoms with E-state index in [-0.39, 0.29) is 11.9 Å². The van der Waals surface area contributed by atoms with Gasteiger partial charge in [0.1, 0.15) is 13.2 Å². The van der Waals surface area contributed by atoms with Crippen molar-refractivity contribution in [3.8, 4) is 0 Å². The van der Waals surface area contributed by atoms with Crippen molar-refractivity contribution in [2.45, 2.75) is 142 Å². The number of unbranched alkanes of at least 4 members (excludes halogenated alkanes) is 16. The van der Waals surface area contributed by atoms with Crippen molar-refractivity contribution in [1.82, 2.24) is 4.90 Å².